The van der Waals surface area contributed by atoms with Gasteiger partial charge in [-0.1, -0.05) is 17.3 Å². The number of methoxy groups -OCH3 is 1. The van der Waals surface area contributed by atoms with Crippen molar-refractivity contribution < 1.29 is 14.1 Å². The van der Waals surface area contributed by atoms with Gasteiger partial charge in [0.15, 0.2) is 11.5 Å². The highest BCUT2D eigenvalue weighted by Gasteiger charge is 2.17. The van der Waals surface area contributed by atoms with E-state index in [1.54, 1.807) is 24.2 Å². The molecule has 3 rings (SSSR count). The predicted octanol–water partition coefficient (Wildman–Crippen LogP) is 1.93. The van der Waals surface area contributed by atoms with Gasteiger partial charge in [-0.2, -0.15) is 5.10 Å². The maximum absolute atomic E-state index is 12.2. The quantitative estimate of drug-likeness (QED) is 0.743. The first-order chi connectivity index (χ1) is 11.7. The lowest BCUT2D eigenvalue weighted by atomic mass is 10.1. The summed E-state index contributed by atoms with van der Waals surface area (Å²) in [6.07, 6.45) is 3.06. The fraction of sp³-hybridized carbons (Fsp3) is 0.250. The van der Waals surface area contributed by atoms with E-state index in [4.69, 9.17) is 9.26 Å². The lowest BCUT2D eigenvalue weighted by molar-refractivity contribution is 0.0939. The molecule has 0 radical (unpaired) electrons. The maximum Gasteiger partial charge on any atom is 0.273 e. The summed E-state index contributed by atoms with van der Waals surface area (Å²) in [6, 6.07) is 8.95. The smallest absolute Gasteiger partial charge is 0.273 e. The van der Waals surface area contributed by atoms with Crippen LogP contribution in [0.15, 0.2) is 47.5 Å². The first kappa shape index (κ1) is 15.7. The van der Waals surface area contributed by atoms with Crippen molar-refractivity contribution in [2.24, 2.45) is 0 Å². The van der Waals surface area contributed by atoms with Crippen LogP contribution in [0, 0.1) is 0 Å². The topological polar surface area (TPSA) is 95.1 Å². The SMILES string of the molecule is COc1ccccc1-c1cc(C(=O)NC[C@H](C)n2cncn2)no1. The fourth-order valence-electron chi connectivity index (χ4n) is 2.23. The van der Waals surface area contributed by atoms with Crippen molar-refractivity contribution in [3.05, 3.63) is 48.7 Å². The molecule has 1 aromatic carbocycles. The summed E-state index contributed by atoms with van der Waals surface area (Å²) < 4.78 is 12.2. The number of ether oxygens (including phenoxy) is 1. The van der Waals surface area contributed by atoms with E-state index in [2.05, 4.69) is 20.6 Å². The average molecular weight is 327 g/mol. The van der Waals surface area contributed by atoms with Crippen molar-refractivity contribution in [1.29, 1.82) is 0 Å². The third-order valence-electron chi connectivity index (χ3n) is 3.56. The van der Waals surface area contributed by atoms with Crippen LogP contribution < -0.4 is 10.1 Å². The molecule has 8 heteroatoms. The van der Waals surface area contributed by atoms with Crippen molar-refractivity contribution in [3.8, 4) is 17.1 Å². The van der Waals surface area contributed by atoms with Crippen LogP contribution in [0.4, 0.5) is 0 Å². The Bertz CT molecular complexity index is 813. The number of para-hydroxylation sites is 1. The second kappa shape index (κ2) is 6.95. The summed E-state index contributed by atoms with van der Waals surface area (Å²) in [5, 5.41) is 10.7. The van der Waals surface area contributed by atoms with Crippen molar-refractivity contribution in [2.45, 2.75) is 13.0 Å². The molecule has 1 N–H and O–H groups in total. The molecule has 0 unspecified atom stereocenters. The Morgan fingerprint density at radius 3 is 3.00 bits per heavy atom. The Morgan fingerprint density at radius 1 is 1.42 bits per heavy atom. The van der Waals surface area contributed by atoms with Crippen molar-refractivity contribution in [3.63, 3.8) is 0 Å². The molecular formula is C16H17N5O3. The van der Waals surface area contributed by atoms with Crippen LogP contribution in [0.5, 0.6) is 5.75 Å². The molecular weight excluding hydrogens is 310 g/mol. The monoisotopic (exact) mass is 327 g/mol. The number of rotatable bonds is 6. The van der Waals surface area contributed by atoms with Crippen LogP contribution >= 0.6 is 0 Å². The van der Waals surface area contributed by atoms with Gasteiger partial charge in [0.2, 0.25) is 0 Å². The second-order valence-electron chi connectivity index (χ2n) is 5.21. The van der Waals surface area contributed by atoms with Gasteiger partial charge in [-0.05, 0) is 19.1 Å². The third kappa shape index (κ3) is 3.27. The highest BCUT2D eigenvalue weighted by Crippen LogP contribution is 2.29. The van der Waals surface area contributed by atoms with E-state index in [1.165, 1.54) is 6.33 Å². The highest BCUT2D eigenvalue weighted by atomic mass is 16.5. The molecule has 0 aliphatic rings. The Kier molecular flexibility index (Phi) is 4.55. The van der Waals surface area contributed by atoms with Crippen LogP contribution in [0.2, 0.25) is 0 Å². The number of hydrogen-bond acceptors (Lipinski definition) is 6. The van der Waals surface area contributed by atoms with Gasteiger partial charge in [0.25, 0.3) is 5.91 Å². The van der Waals surface area contributed by atoms with Gasteiger partial charge in [-0.15, -0.1) is 0 Å². The molecule has 0 bridgehead atoms. The molecule has 124 valence electrons. The van der Waals surface area contributed by atoms with E-state index in [1.807, 2.05) is 31.2 Å². The number of nitrogens with one attached hydrogen (secondary N) is 1. The number of aromatic nitrogens is 4. The highest BCUT2D eigenvalue weighted by molar-refractivity contribution is 5.93. The molecule has 0 saturated carbocycles. The number of benzene rings is 1. The number of carbonyl (C=O) groups excluding carboxylic acids is 1. The third-order valence-corrected chi connectivity index (χ3v) is 3.56. The summed E-state index contributed by atoms with van der Waals surface area (Å²) in [5.74, 6) is 0.814. The van der Waals surface area contributed by atoms with Crippen LogP contribution in [0.1, 0.15) is 23.5 Å². The van der Waals surface area contributed by atoms with E-state index >= 15 is 0 Å². The molecule has 3 aromatic rings. The first-order valence-corrected chi connectivity index (χ1v) is 7.41. The minimum Gasteiger partial charge on any atom is -0.496 e. The summed E-state index contributed by atoms with van der Waals surface area (Å²) in [7, 11) is 1.58. The maximum atomic E-state index is 12.2. The zero-order chi connectivity index (χ0) is 16.9. The molecule has 8 nitrogen and oxygen atoms in total. The van der Waals surface area contributed by atoms with Crippen LogP contribution in [0.25, 0.3) is 11.3 Å². The van der Waals surface area contributed by atoms with Gasteiger partial charge in [-0.25, -0.2) is 9.67 Å². The summed E-state index contributed by atoms with van der Waals surface area (Å²) in [4.78, 5) is 16.1. The zero-order valence-corrected chi connectivity index (χ0v) is 13.3. The lowest BCUT2D eigenvalue weighted by Crippen LogP contribution is -2.30. The van der Waals surface area contributed by atoms with E-state index in [-0.39, 0.29) is 17.6 Å². The Morgan fingerprint density at radius 2 is 2.25 bits per heavy atom. The van der Waals surface area contributed by atoms with Crippen molar-refractivity contribution in [1.82, 2.24) is 25.2 Å². The Balaban J connectivity index is 1.68. The van der Waals surface area contributed by atoms with Gasteiger partial charge in [-0.3, -0.25) is 4.79 Å². The fourth-order valence-corrected chi connectivity index (χ4v) is 2.23. The van der Waals surface area contributed by atoms with Gasteiger partial charge in [0, 0.05) is 12.6 Å². The first-order valence-electron chi connectivity index (χ1n) is 7.41. The van der Waals surface area contributed by atoms with E-state index in [9.17, 15) is 4.79 Å². The summed E-state index contributed by atoms with van der Waals surface area (Å²) in [5.41, 5.74) is 0.948. The molecule has 0 aliphatic carbocycles. The van der Waals surface area contributed by atoms with Crippen LogP contribution in [0.3, 0.4) is 0 Å². The number of carbonyl (C=O) groups is 1. The van der Waals surface area contributed by atoms with Crippen molar-refractivity contribution in [2.75, 3.05) is 13.7 Å². The molecule has 24 heavy (non-hydrogen) atoms. The minimum absolute atomic E-state index is 0.0166. The Hall–Kier alpha value is -3.16. The zero-order valence-electron chi connectivity index (χ0n) is 13.3. The normalized spacial score (nSPS) is 11.9. The number of hydrogen-bond donors (Lipinski definition) is 1. The van der Waals surface area contributed by atoms with Gasteiger partial charge >= 0.3 is 0 Å². The van der Waals surface area contributed by atoms with E-state index in [0.717, 1.165) is 5.56 Å². The van der Waals surface area contributed by atoms with Gasteiger partial charge < -0.3 is 14.6 Å². The summed E-state index contributed by atoms with van der Waals surface area (Å²) >= 11 is 0. The predicted molar refractivity (Wildman–Crippen MR) is 85.6 cm³/mol. The molecule has 1 amide bonds. The summed E-state index contributed by atoms with van der Waals surface area (Å²) in [6.45, 7) is 2.33. The molecule has 0 spiro atoms. The lowest BCUT2D eigenvalue weighted by Gasteiger charge is -2.11. The van der Waals surface area contributed by atoms with E-state index in [0.29, 0.717) is 18.1 Å². The average Bonchev–Trinajstić information content (AvgIpc) is 3.30. The van der Waals surface area contributed by atoms with E-state index < -0.39 is 0 Å². The molecule has 0 aliphatic heterocycles. The molecule has 0 saturated heterocycles. The Labute approximate surface area is 138 Å². The van der Waals surface area contributed by atoms with Gasteiger partial charge in [0.1, 0.15) is 18.4 Å². The van der Waals surface area contributed by atoms with Gasteiger partial charge in [0.05, 0.1) is 18.7 Å². The van der Waals surface area contributed by atoms with Crippen LogP contribution in [-0.2, 0) is 0 Å². The van der Waals surface area contributed by atoms with Crippen molar-refractivity contribution >= 4 is 5.91 Å². The molecule has 2 aromatic heterocycles. The largest absolute Gasteiger partial charge is 0.496 e. The molecule has 2 heterocycles. The number of amides is 1. The van der Waals surface area contributed by atoms with Crippen LogP contribution in [-0.4, -0.2) is 39.5 Å². The standard InChI is InChI=1S/C16H17N5O3/c1-11(21-10-17-9-19-21)8-18-16(22)13-7-15(24-20-13)12-5-3-4-6-14(12)23-2/h3-7,9-11H,8H2,1-2H3,(H,18,22)/t11-/m0/s1. The number of nitrogens with zero attached hydrogens (tertiary/aromatic N) is 4. The molecule has 0 fully saturated rings. The minimum atomic E-state index is -0.313. The molecule has 1 atom stereocenters. The second-order valence-corrected chi connectivity index (χ2v) is 5.21.